The maximum Gasteiger partial charge on any atom is 0.264 e. The number of benzene rings is 3. The summed E-state index contributed by atoms with van der Waals surface area (Å²) in [6.45, 7) is -0.500. The smallest absolute Gasteiger partial charge is 0.264 e. The molecule has 10 heteroatoms. The topological polar surface area (TPSA) is 118 Å². The molecule has 1 amide bonds. The molecule has 0 heterocycles. The SMILES string of the molecule is COc1ccc(N(CC(=O)N/N=C\c2ccc(O)c(OC)c2)S(=O)(=O)c2ccccc2)cc1. The van der Waals surface area contributed by atoms with Gasteiger partial charge in [0, 0.05) is 0 Å². The van der Waals surface area contributed by atoms with Crippen molar-refractivity contribution in [3.63, 3.8) is 0 Å². The molecular formula is C23H23N3O6S. The minimum absolute atomic E-state index is 0.0278. The van der Waals surface area contributed by atoms with Gasteiger partial charge in [-0.05, 0) is 60.2 Å². The molecule has 0 unspecified atom stereocenters. The zero-order chi connectivity index (χ0) is 23.8. The van der Waals surface area contributed by atoms with Gasteiger partial charge in [0.05, 0.1) is 31.0 Å². The van der Waals surface area contributed by atoms with Crippen molar-refractivity contribution in [3.8, 4) is 17.2 Å². The first-order valence-electron chi connectivity index (χ1n) is 9.76. The van der Waals surface area contributed by atoms with Crippen LogP contribution in [-0.2, 0) is 14.8 Å². The molecule has 0 radical (unpaired) electrons. The van der Waals surface area contributed by atoms with Crippen LogP contribution >= 0.6 is 0 Å². The van der Waals surface area contributed by atoms with Crippen LogP contribution in [0.5, 0.6) is 17.2 Å². The van der Waals surface area contributed by atoms with E-state index >= 15 is 0 Å². The number of aromatic hydroxyl groups is 1. The van der Waals surface area contributed by atoms with E-state index < -0.39 is 22.5 Å². The highest BCUT2D eigenvalue weighted by Crippen LogP contribution is 2.26. The first kappa shape index (κ1) is 23.6. The van der Waals surface area contributed by atoms with Crippen LogP contribution in [-0.4, -0.2) is 46.4 Å². The summed E-state index contributed by atoms with van der Waals surface area (Å²) in [5.41, 5.74) is 3.18. The van der Waals surface area contributed by atoms with E-state index in [0.717, 1.165) is 4.31 Å². The van der Waals surface area contributed by atoms with Gasteiger partial charge in [0.25, 0.3) is 15.9 Å². The normalized spacial score (nSPS) is 11.2. The fourth-order valence-electron chi connectivity index (χ4n) is 2.90. The summed E-state index contributed by atoms with van der Waals surface area (Å²) in [5, 5.41) is 13.5. The number of anilines is 1. The second-order valence-electron chi connectivity index (χ2n) is 6.75. The monoisotopic (exact) mass is 469 g/mol. The largest absolute Gasteiger partial charge is 0.504 e. The fourth-order valence-corrected chi connectivity index (χ4v) is 4.34. The predicted octanol–water partition coefficient (Wildman–Crippen LogP) is 2.76. The Labute approximate surface area is 191 Å². The molecule has 3 rings (SSSR count). The van der Waals surface area contributed by atoms with Gasteiger partial charge in [-0.25, -0.2) is 13.8 Å². The van der Waals surface area contributed by atoms with Crippen LogP contribution in [0.1, 0.15) is 5.56 Å². The maximum atomic E-state index is 13.3. The number of carbonyl (C=O) groups is 1. The summed E-state index contributed by atoms with van der Waals surface area (Å²) in [7, 11) is -1.11. The van der Waals surface area contributed by atoms with Gasteiger partial charge in [0.15, 0.2) is 11.5 Å². The van der Waals surface area contributed by atoms with E-state index in [0.29, 0.717) is 17.0 Å². The Hall–Kier alpha value is -4.05. The summed E-state index contributed by atoms with van der Waals surface area (Å²) in [4.78, 5) is 12.6. The van der Waals surface area contributed by atoms with Crippen LogP contribution in [0.4, 0.5) is 5.69 Å². The number of nitrogens with one attached hydrogen (secondary N) is 1. The summed E-state index contributed by atoms with van der Waals surface area (Å²) < 4.78 is 37.7. The average molecular weight is 470 g/mol. The summed E-state index contributed by atoms with van der Waals surface area (Å²) >= 11 is 0. The number of sulfonamides is 1. The summed E-state index contributed by atoms with van der Waals surface area (Å²) in [5.74, 6) is 0.131. The van der Waals surface area contributed by atoms with Gasteiger partial charge in [-0.1, -0.05) is 18.2 Å². The van der Waals surface area contributed by atoms with Crippen LogP contribution in [0.25, 0.3) is 0 Å². The highest BCUT2D eigenvalue weighted by atomic mass is 32.2. The molecule has 0 aliphatic rings. The Morgan fingerprint density at radius 2 is 1.73 bits per heavy atom. The Bertz CT molecular complexity index is 1230. The molecule has 0 aliphatic heterocycles. The number of hydrogen-bond donors (Lipinski definition) is 2. The zero-order valence-electron chi connectivity index (χ0n) is 18.0. The number of nitrogens with zero attached hydrogens (tertiary/aromatic N) is 2. The lowest BCUT2D eigenvalue weighted by Gasteiger charge is -2.23. The van der Waals surface area contributed by atoms with Crippen molar-refractivity contribution in [2.24, 2.45) is 5.10 Å². The molecule has 3 aromatic rings. The Balaban J connectivity index is 1.81. The van der Waals surface area contributed by atoms with Crippen LogP contribution in [0.15, 0.2) is 82.8 Å². The Kier molecular flexibility index (Phi) is 7.52. The Morgan fingerprint density at radius 3 is 2.36 bits per heavy atom. The Morgan fingerprint density at radius 1 is 1.03 bits per heavy atom. The van der Waals surface area contributed by atoms with Gasteiger partial charge in [-0.15, -0.1) is 0 Å². The highest BCUT2D eigenvalue weighted by molar-refractivity contribution is 7.92. The fraction of sp³-hybridized carbons (Fsp3) is 0.130. The van der Waals surface area contributed by atoms with Gasteiger partial charge >= 0.3 is 0 Å². The van der Waals surface area contributed by atoms with Crippen molar-refractivity contribution in [2.45, 2.75) is 4.90 Å². The minimum atomic E-state index is -4.02. The van der Waals surface area contributed by atoms with Gasteiger partial charge in [0.2, 0.25) is 0 Å². The van der Waals surface area contributed by atoms with Gasteiger partial charge in [-0.3, -0.25) is 9.10 Å². The van der Waals surface area contributed by atoms with E-state index in [-0.39, 0.29) is 16.4 Å². The van der Waals surface area contributed by atoms with Crippen LogP contribution in [0.2, 0.25) is 0 Å². The predicted molar refractivity (Wildman–Crippen MR) is 124 cm³/mol. The van der Waals surface area contributed by atoms with Crippen molar-refractivity contribution in [3.05, 3.63) is 78.4 Å². The third-order valence-corrected chi connectivity index (χ3v) is 6.37. The van der Waals surface area contributed by atoms with Gasteiger partial charge in [0.1, 0.15) is 12.3 Å². The van der Waals surface area contributed by atoms with Crippen molar-refractivity contribution >= 4 is 27.8 Å². The highest BCUT2D eigenvalue weighted by Gasteiger charge is 2.27. The molecule has 0 aromatic heterocycles. The number of amides is 1. The molecule has 0 saturated heterocycles. The quantitative estimate of drug-likeness (QED) is 0.368. The molecule has 3 aromatic carbocycles. The molecule has 0 spiro atoms. The zero-order valence-corrected chi connectivity index (χ0v) is 18.8. The van der Waals surface area contributed by atoms with E-state index in [1.54, 1.807) is 48.5 Å². The van der Waals surface area contributed by atoms with Gasteiger partial charge < -0.3 is 14.6 Å². The van der Waals surface area contributed by atoms with E-state index in [4.69, 9.17) is 9.47 Å². The van der Waals surface area contributed by atoms with E-state index in [9.17, 15) is 18.3 Å². The molecule has 0 atom stereocenters. The lowest BCUT2D eigenvalue weighted by molar-refractivity contribution is -0.119. The molecule has 0 saturated carbocycles. The lowest BCUT2D eigenvalue weighted by atomic mass is 10.2. The standard InChI is InChI=1S/C23H23N3O6S/c1-31-19-11-9-18(10-12-19)26(33(29,30)20-6-4-3-5-7-20)16-23(28)25-24-15-17-8-13-21(27)22(14-17)32-2/h3-15,27H,16H2,1-2H3,(H,25,28)/b24-15-. The van der Waals surface area contributed by atoms with Gasteiger partial charge in [-0.2, -0.15) is 5.10 Å². The third-order valence-electron chi connectivity index (χ3n) is 4.59. The molecule has 0 fully saturated rings. The second-order valence-corrected chi connectivity index (χ2v) is 8.61. The molecule has 0 bridgehead atoms. The molecule has 0 aliphatic carbocycles. The summed E-state index contributed by atoms with van der Waals surface area (Å²) in [6, 6.07) is 18.7. The lowest BCUT2D eigenvalue weighted by Crippen LogP contribution is -2.39. The number of phenols is 1. The van der Waals surface area contributed by atoms with E-state index in [1.165, 1.54) is 44.7 Å². The number of methoxy groups -OCH3 is 2. The average Bonchev–Trinajstić information content (AvgIpc) is 2.84. The van der Waals surface area contributed by atoms with Crippen LogP contribution in [0, 0.1) is 0 Å². The van der Waals surface area contributed by atoms with Crippen molar-refractivity contribution in [1.82, 2.24) is 5.43 Å². The van der Waals surface area contributed by atoms with Crippen molar-refractivity contribution in [1.29, 1.82) is 0 Å². The number of phenolic OH excluding ortho intramolecular Hbond substituents is 1. The van der Waals surface area contributed by atoms with E-state index in [1.807, 2.05) is 0 Å². The first-order valence-corrected chi connectivity index (χ1v) is 11.2. The van der Waals surface area contributed by atoms with Crippen LogP contribution in [0.3, 0.4) is 0 Å². The molecular weight excluding hydrogens is 446 g/mol. The van der Waals surface area contributed by atoms with Crippen molar-refractivity contribution < 1.29 is 27.8 Å². The molecule has 172 valence electrons. The van der Waals surface area contributed by atoms with Crippen molar-refractivity contribution in [2.75, 3.05) is 25.1 Å². The third kappa shape index (κ3) is 5.80. The number of rotatable bonds is 9. The van der Waals surface area contributed by atoms with E-state index in [2.05, 4.69) is 10.5 Å². The molecule has 9 nitrogen and oxygen atoms in total. The number of hydrogen-bond acceptors (Lipinski definition) is 7. The minimum Gasteiger partial charge on any atom is -0.504 e. The number of carbonyl (C=O) groups excluding carboxylic acids is 1. The number of ether oxygens (including phenoxy) is 2. The molecule has 33 heavy (non-hydrogen) atoms. The first-order chi connectivity index (χ1) is 15.8. The second kappa shape index (κ2) is 10.5. The molecule has 2 N–H and O–H groups in total. The van der Waals surface area contributed by atoms with Crippen LogP contribution < -0.4 is 19.2 Å². The summed E-state index contributed by atoms with van der Waals surface area (Å²) in [6.07, 6.45) is 1.35. The maximum absolute atomic E-state index is 13.3. The number of hydrazone groups is 1.